The lowest BCUT2D eigenvalue weighted by Crippen LogP contribution is -2.48. The van der Waals surface area contributed by atoms with Crippen molar-refractivity contribution in [2.24, 2.45) is 0 Å². The highest BCUT2D eigenvalue weighted by atomic mass is 19.1. The van der Waals surface area contributed by atoms with Gasteiger partial charge in [0.05, 0.1) is 0 Å². The monoisotopic (exact) mass is 344 g/mol. The maximum atomic E-state index is 13.7. The maximum Gasteiger partial charge on any atom is 0.222 e. The van der Waals surface area contributed by atoms with Crippen molar-refractivity contribution < 1.29 is 13.6 Å². The first-order valence-electron chi connectivity index (χ1n) is 8.60. The van der Waals surface area contributed by atoms with Gasteiger partial charge in [0.1, 0.15) is 11.6 Å². The maximum absolute atomic E-state index is 13.7. The Morgan fingerprint density at radius 3 is 2.40 bits per heavy atom. The molecule has 3 nitrogen and oxygen atoms in total. The van der Waals surface area contributed by atoms with Gasteiger partial charge in [0.15, 0.2) is 0 Å². The van der Waals surface area contributed by atoms with Crippen molar-refractivity contribution in [3.05, 3.63) is 71.3 Å². The Labute approximate surface area is 146 Å². The number of halogens is 2. The lowest BCUT2D eigenvalue weighted by Gasteiger charge is -2.35. The Hall–Kier alpha value is -2.27. The van der Waals surface area contributed by atoms with E-state index in [9.17, 15) is 13.6 Å². The normalized spacial score (nSPS) is 15.4. The Morgan fingerprint density at radius 1 is 0.960 bits per heavy atom. The van der Waals surface area contributed by atoms with Gasteiger partial charge in [-0.3, -0.25) is 9.69 Å². The van der Waals surface area contributed by atoms with Crippen LogP contribution >= 0.6 is 0 Å². The average molecular weight is 344 g/mol. The van der Waals surface area contributed by atoms with Crippen molar-refractivity contribution in [3.63, 3.8) is 0 Å². The number of rotatable bonds is 5. The number of carbonyl (C=O) groups is 1. The molecule has 5 heteroatoms. The molecule has 0 aliphatic carbocycles. The molecule has 132 valence electrons. The highest BCUT2D eigenvalue weighted by Crippen LogP contribution is 2.14. The van der Waals surface area contributed by atoms with E-state index in [2.05, 4.69) is 4.90 Å². The van der Waals surface area contributed by atoms with Crippen LogP contribution in [0.4, 0.5) is 8.78 Å². The lowest BCUT2D eigenvalue weighted by atomic mass is 10.1. The van der Waals surface area contributed by atoms with Gasteiger partial charge in [-0.05, 0) is 30.2 Å². The second kappa shape index (κ2) is 8.21. The van der Waals surface area contributed by atoms with E-state index in [0.717, 1.165) is 24.1 Å². The van der Waals surface area contributed by atoms with Gasteiger partial charge < -0.3 is 4.90 Å². The number of piperazine rings is 1. The van der Waals surface area contributed by atoms with E-state index in [1.54, 1.807) is 0 Å². The summed E-state index contributed by atoms with van der Waals surface area (Å²) in [5.74, 6) is -0.658. The zero-order chi connectivity index (χ0) is 17.6. The van der Waals surface area contributed by atoms with Gasteiger partial charge in [-0.15, -0.1) is 0 Å². The molecular formula is C20H22F2N2O. The number of hydrogen-bond donors (Lipinski definition) is 0. The molecule has 0 saturated carbocycles. The van der Waals surface area contributed by atoms with Crippen molar-refractivity contribution in [2.45, 2.75) is 19.4 Å². The highest BCUT2D eigenvalue weighted by Gasteiger charge is 2.21. The zero-order valence-corrected chi connectivity index (χ0v) is 14.1. The van der Waals surface area contributed by atoms with E-state index in [-0.39, 0.29) is 11.7 Å². The zero-order valence-electron chi connectivity index (χ0n) is 14.1. The fourth-order valence-electron chi connectivity index (χ4n) is 3.11. The summed E-state index contributed by atoms with van der Waals surface area (Å²) in [6, 6.07) is 13.5. The first kappa shape index (κ1) is 17.5. The van der Waals surface area contributed by atoms with Crippen molar-refractivity contribution >= 4 is 5.91 Å². The minimum Gasteiger partial charge on any atom is -0.340 e. The van der Waals surface area contributed by atoms with E-state index >= 15 is 0 Å². The molecule has 25 heavy (non-hydrogen) atoms. The molecule has 0 unspecified atom stereocenters. The average Bonchev–Trinajstić information content (AvgIpc) is 2.64. The van der Waals surface area contributed by atoms with Crippen LogP contribution in [0, 0.1) is 11.6 Å². The minimum absolute atomic E-state index is 0.153. The number of nitrogens with zero attached hydrogens (tertiary/aromatic N) is 2. The predicted molar refractivity (Wildman–Crippen MR) is 93.0 cm³/mol. The van der Waals surface area contributed by atoms with Crippen molar-refractivity contribution in [2.75, 3.05) is 26.2 Å². The number of carbonyl (C=O) groups excluding carboxylic acids is 1. The van der Waals surface area contributed by atoms with Crippen LogP contribution in [-0.4, -0.2) is 41.9 Å². The van der Waals surface area contributed by atoms with Gasteiger partial charge in [-0.1, -0.05) is 30.3 Å². The largest absolute Gasteiger partial charge is 0.340 e. The smallest absolute Gasteiger partial charge is 0.222 e. The van der Waals surface area contributed by atoms with Crippen LogP contribution in [0.2, 0.25) is 0 Å². The molecule has 0 bridgehead atoms. The molecule has 1 amide bonds. The molecule has 0 spiro atoms. The SMILES string of the molecule is O=C(CCc1ccccc1)N1CCN(Cc2cc(F)ccc2F)CC1. The summed E-state index contributed by atoms with van der Waals surface area (Å²) in [5, 5.41) is 0. The molecule has 1 fully saturated rings. The minimum atomic E-state index is -0.425. The molecule has 3 rings (SSSR count). The summed E-state index contributed by atoms with van der Waals surface area (Å²) in [6.07, 6.45) is 1.25. The first-order chi connectivity index (χ1) is 12.1. The fraction of sp³-hybridized carbons (Fsp3) is 0.350. The van der Waals surface area contributed by atoms with Gasteiger partial charge >= 0.3 is 0 Å². The quantitative estimate of drug-likeness (QED) is 0.831. The van der Waals surface area contributed by atoms with E-state index in [1.807, 2.05) is 35.2 Å². The van der Waals surface area contributed by atoms with E-state index < -0.39 is 5.82 Å². The molecule has 1 heterocycles. The van der Waals surface area contributed by atoms with Crippen molar-refractivity contribution in [1.82, 2.24) is 9.80 Å². The first-order valence-corrected chi connectivity index (χ1v) is 8.60. The summed E-state index contributed by atoms with van der Waals surface area (Å²) < 4.78 is 27.0. The summed E-state index contributed by atoms with van der Waals surface area (Å²) in [5.41, 5.74) is 1.53. The second-order valence-electron chi connectivity index (χ2n) is 6.38. The van der Waals surface area contributed by atoms with Crippen LogP contribution in [0.5, 0.6) is 0 Å². The molecule has 1 aliphatic heterocycles. The van der Waals surface area contributed by atoms with Crippen LogP contribution in [0.15, 0.2) is 48.5 Å². The third-order valence-corrected chi connectivity index (χ3v) is 4.60. The van der Waals surface area contributed by atoms with Gasteiger partial charge in [-0.2, -0.15) is 0 Å². The van der Waals surface area contributed by atoms with Crippen molar-refractivity contribution in [1.29, 1.82) is 0 Å². The van der Waals surface area contributed by atoms with E-state index in [0.29, 0.717) is 44.7 Å². The third-order valence-electron chi connectivity index (χ3n) is 4.60. The Bertz CT molecular complexity index is 713. The Balaban J connectivity index is 1.46. The Morgan fingerprint density at radius 2 is 1.68 bits per heavy atom. The summed E-state index contributed by atoms with van der Waals surface area (Å²) in [7, 11) is 0. The summed E-state index contributed by atoms with van der Waals surface area (Å²) in [4.78, 5) is 16.2. The summed E-state index contributed by atoms with van der Waals surface area (Å²) >= 11 is 0. The Kier molecular flexibility index (Phi) is 5.76. The number of benzene rings is 2. The molecule has 0 radical (unpaired) electrons. The van der Waals surface area contributed by atoms with Crippen LogP contribution < -0.4 is 0 Å². The molecule has 1 aliphatic rings. The van der Waals surface area contributed by atoms with Gasteiger partial charge in [0, 0.05) is 44.7 Å². The number of hydrogen-bond acceptors (Lipinski definition) is 2. The topological polar surface area (TPSA) is 23.6 Å². The van der Waals surface area contributed by atoms with Crippen LogP contribution in [-0.2, 0) is 17.8 Å². The van der Waals surface area contributed by atoms with E-state index in [4.69, 9.17) is 0 Å². The fourth-order valence-corrected chi connectivity index (χ4v) is 3.11. The third kappa shape index (κ3) is 4.86. The van der Waals surface area contributed by atoms with Gasteiger partial charge in [0.25, 0.3) is 0 Å². The van der Waals surface area contributed by atoms with E-state index in [1.165, 1.54) is 6.07 Å². The molecule has 0 aromatic heterocycles. The summed E-state index contributed by atoms with van der Waals surface area (Å²) in [6.45, 7) is 2.98. The molecule has 2 aromatic carbocycles. The van der Waals surface area contributed by atoms with Gasteiger partial charge in [-0.25, -0.2) is 8.78 Å². The predicted octanol–water partition coefficient (Wildman–Crippen LogP) is 3.24. The van der Waals surface area contributed by atoms with Crippen LogP contribution in [0.3, 0.4) is 0 Å². The highest BCUT2D eigenvalue weighted by molar-refractivity contribution is 5.76. The molecule has 1 saturated heterocycles. The van der Waals surface area contributed by atoms with Crippen molar-refractivity contribution in [3.8, 4) is 0 Å². The van der Waals surface area contributed by atoms with Crippen LogP contribution in [0.1, 0.15) is 17.5 Å². The van der Waals surface area contributed by atoms with Crippen LogP contribution in [0.25, 0.3) is 0 Å². The molecular weight excluding hydrogens is 322 g/mol. The molecule has 0 atom stereocenters. The second-order valence-corrected chi connectivity index (χ2v) is 6.38. The standard InChI is InChI=1S/C20H22F2N2O/c21-18-7-8-19(22)17(14-18)15-23-10-12-24(13-11-23)20(25)9-6-16-4-2-1-3-5-16/h1-5,7-8,14H,6,9-13,15H2. The molecule has 2 aromatic rings. The van der Waals surface area contributed by atoms with Gasteiger partial charge in [0.2, 0.25) is 5.91 Å². The molecule has 0 N–H and O–H groups in total. The number of amides is 1. The number of aryl methyl sites for hydroxylation is 1. The lowest BCUT2D eigenvalue weighted by molar-refractivity contribution is -0.133.